The van der Waals surface area contributed by atoms with E-state index >= 15 is 0 Å². The number of nitrogens with two attached hydrogens (primary N) is 1. The summed E-state index contributed by atoms with van der Waals surface area (Å²) in [5, 5.41) is 9.70. The van der Waals surface area contributed by atoms with Crippen LogP contribution in [0.25, 0.3) is 0 Å². The molecule has 3 aromatic rings. The monoisotopic (exact) mass is 502 g/mol. The number of fused-ring (bicyclic) bond motifs is 1. The lowest BCUT2D eigenvalue weighted by Gasteiger charge is -2.26. The molecule has 0 saturated carbocycles. The minimum absolute atomic E-state index is 0.000625. The van der Waals surface area contributed by atoms with Crippen molar-refractivity contribution in [3.05, 3.63) is 105 Å². The van der Waals surface area contributed by atoms with Crippen molar-refractivity contribution in [2.45, 2.75) is 32.1 Å². The lowest BCUT2D eigenvalue weighted by atomic mass is 9.83. The van der Waals surface area contributed by atoms with Gasteiger partial charge in [0.2, 0.25) is 5.88 Å². The maximum atomic E-state index is 12.7. The molecule has 3 aromatic carbocycles. The second-order valence-corrected chi connectivity index (χ2v) is 9.81. The molecule has 6 heteroatoms. The van der Waals surface area contributed by atoms with Gasteiger partial charge in [0.1, 0.15) is 23.1 Å². The van der Waals surface area contributed by atoms with Crippen LogP contribution < -0.4 is 15.2 Å². The second kappa shape index (κ2) is 8.76. The zero-order valence-corrected chi connectivity index (χ0v) is 20.1. The molecule has 33 heavy (non-hydrogen) atoms. The first-order valence-electron chi connectivity index (χ1n) is 10.5. The normalized spacial score (nSPS) is 15.3. The molecule has 166 valence electrons. The van der Waals surface area contributed by atoms with Crippen LogP contribution in [0.1, 0.15) is 53.7 Å². The molecule has 1 unspecified atom stereocenters. The number of nitrogens with zero attached hydrogens (tertiary/aromatic N) is 1. The van der Waals surface area contributed by atoms with Crippen LogP contribution in [-0.4, -0.2) is 5.97 Å². The molecule has 0 amide bonds. The smallest absolute Gasteiger partial charge is 0.343 e. The third-order valence-corrected chi connectivity index (χ3v) is 6.12. The lowest BCUT2D eigenvalue weighted by Crippen LogP contribution is -2.21. The van der Waals surface area contributed by atoms with Crippen molar-refractivity contribution in [3.63, 3.8) is 0 Å². The number of esters is 1. The number of benzene rings is 3. The van der Waals surface area contributed by atoms with Crippen LogP contribution >= 0.6 is 15.9 Å². The first kappa shape index (κ1) is 22.6. The number of halogens is 1. The van der Waals surface area contributed by atoms with Gasteiger partial charge in [-0.3, -0.25) is 0 Å². The molecule has 0 fully saturated rings. The Bertz CT molecular complexity index is 1280. The lowest BCUT2D eigenvalue weighted by molar-refractivity contribution is 0.0734. The third kappa shape index (κ3) is 4.64. The van der Waals surface area contributed by atoms with Crippen molar-refractivity contribution in [2.75, 3.05) is 0 Å². The van der Waals surface area contributed by atoms with Gasteiger partial charge in [-0.25, -0.2) is 4.79 Å². The van der Waals surface area contributed by atoms with Gasteiger partial charge in [0, 0.05) is 16.1 Å². The predicted octanol–water partition coefficient (Wildman–Crippen LogP) is 6.18. The van der Waals surface area contributed by atoms with Crippen molar-refractivity contribution in [1.82, 2.24) is 0 Å². The zero-order valence-electron chi connectivity index (χ0n) is 18.6. The molecule has 2 N–H and O–H groups in total. The Kier molecular flexibility index (Phi) is 6.01. The van der Waals surface area contributed by atoms with E-state index in [9.17, 15) is 10.1 Å². The number of carbonyl (C=O) groups excluding carboxylic acids is 1. The van der Waals surface area contributed by atoms with Gasteiger partial charge >= 0.3 is 5.97 Å². The predicted molar refractivity (Wildman–Crippen MR) is 130 cm³/mol. The Balaban J connectivity index is 1.62. The number of hydrogen-bond acceptors (Lipinski definition) is 5. The van der Waals surface area contributed by atoms with Crippen LogP contribution in [-0.2, 0) is 5.41 Å². The third-order valence-electron chi connectivity index (χ3n) is 5.59. The van der Waals surface area contributed by atoms with Crippen LogP contribution in [0.15, 0.2) is 82.7 Å². The summed E-state index contributed by atoms with van der Waals surface area (Å²) in [4.78, 5) is 12.7. The van der Waals surface area contributed by atoms with Crippen LogP contribution in [0.2, 0.25) is 0 Å². The molecule has 1 heterocycles. The zero-order chi connectivity index (χ0) is 23.8. The molecule has 1 aliphatic heterocycles. The summed E-state index contributed by atoms with van der Waals surface area (Å²) in [6.07, 6.45) is 0. The number of carbonyl (C=O) groups is 1. The maximum absolute atomic E-state index is 12.7. The summed E-state index contributed by atoms with van der Waals surface area (Å²) in [7, 11) is 0. The Labute approximate surface area is 201 Å². The first-order valence-corrected chi connectivity index (χ1v) is 11.3. The van der Waals surface area contributed by atoms with E-state index in [1.807, 2.05) is 36.4 Å². The molecule has 0 radical (unpaired) electrons. The quantitative estimate of drug-likeness (QED) is 0.341. The van der Waals surface area contributed by atoms with Crippen molar-refractivity contribution in [1.29, 1.82) is 5.26 Å². The minimum atomic E-state index is -0.461. The maximum Gasteiger partial charge on any atom is 0.343 e. The van der Waals surface area contributed by atoms with Gasteiger partial charge in [-0.2, -0.15) is 5.26 Å². The molecule has 4 rings (SSSR count). The van der Waals surface area contributed by atoms with Crippen LogP contribution in [0, 0.1) is 11.3 Å². The van der Waals surface area contributed by atoms with Gasteiger partial charge in [-0.1, -0.05) is 67.0 Å². The molecular weight excluding hydrogens is 480 g/mol. The highest BCUT2D eigenvalue weighted by molar-refractivity contribution is 9.10. The molecule has 0 aromatic heterocycles. The summed E-state index contributed by atoms with van der Waals surface area (Å²) < 4.78 is 12.3. The number of allylic oxidation sites excluding steroid dienone is 1. The Morgan fingerprint density at radius 3 is 2.33 bits per heavy atom. The first-order chi connectivity index (χ1) is 15.7. The summed E-state index contributed by atoms with van der Waals surface area (Å²) in [6, 6.07) is 22.4. The highest BCUT2D eigenvalue weighted by Crippen LogP contribution is 2.43. The number of ether oxygens (including phenoxy) is 2. The van der Waals surface area contributed by atoms with E-state index < -0.39 is 5.97 Å². The SMILES string of the molecule is CC(C)(C)c1ccc(C(=O)Oc2ccc3c(c2)OC(N)=C(C#N)C3c2ccc(Br)cc2)cc1. The van der Waals surface area contributed by atoms with Gasteiger partial charge in [0.15, 0.2) is 0 Å². The topological polar surface area (TPSA) is 85.3 Å². The van der Waals surface area contributed by atoms with Crippen molar-refractivity contribution in [2.24, 2.45) is 5.73 Å². The molecule has 0 spiro atoms. The van der Waals surface area contributed by atoms with Gasteiger partial charge in [0.25, 0.3) is 0 Å². The fraction of sp³-hybridized carbons (Fsp3) is 0.185. The minimum Gasteiger partial charge on any atom is -0.440 e. The van der Waals surface area contributed by atoms with Gasteiger partial charge < -0.3 is 15.2 Å². The Hall–Kier alpha value is -3.56. The largest absolute Gasteiger partial charge is 0.440 e. The molecule has 0 saturated heterocycles. The van der Waals surface area contributed by atoms with Crippen LogP contribution in [0.4, 0.5) is 0 Å². The highest BCUT2D eigenvalue weighted by atomic mass is 79.9. The molecule has 1 aliphatic rings. The highest BCUT2D eigenvalue weighted by Gasteiger charge is 2.31. The summed E-state index contributed by atoms with van der Waals surface area (Å²) in [5.41, 5.74) is 9.69. The fourth-order valence-electron chi connectivity index (χ4n) is 3.77. The standard InChI is InChI=1S/C27H23BrN2O3/c1-27(2,3)18-8-4-17(5-9-18)26(31)32-20-12-13-21-23(14-20)33-25(30)22(15-29)24(21)16-6-10-19(28)11-7-16/h4-14,24H,30H2,1-3H3. The average Bonchev–Trinajstić information content (AvgIpc) is 2.78. The second-order valence-electron chi connectivity index (χ2n) is 8.89. The van der Waals surface area contributed by atoms with Crippen LogP contribution in [0.5, 0.6) is 11.5 Å². The van der Waals surface area contributed by atoms with E-state index in [0.717, 1.165) is 21.2 Å². The van der Waals surface area contributed by atoms with Gasteiger partial charge in [-0.05, 0) is 46.9 Å². The van der Waals surface area contributed by atoms with Crippen molar-refractivity contribution < 1.29 is 14.3 Å². The van der Waals surface area contributed by atoms with E-state index in [1.54, 1.807) is 30.3 Å². The Morgan fingerprint density at radius 1 is 1.06 bits per heavy atom. The fourth-order valence-corrected chi connectivity index (χ4v) is 4.03. The molecule has 1 atom stereocenters. The van der Waals surface area contributed by atoms with E-state index in [1.165, 1.54) is 0 Å². The van der Waals surface area contributed by atoms with Crippen molar-refractivity contribution in [3.8, 4) is 17.6 Å². The average molecular weight is 503 g/mol. The molecular formula is C27H23BrN2O3. The number of rotatable bonds is 3. The van der Waals surface area contributed by atoms with Gasteiger partial charge in [-0.15, -0.1) is 0 Å². The van der Waals surface area contributed by atoms with E-state index in [-0.39, 0.29) is 17.2 Å². The summed E-state index contributed by atoms with van der Waals surface area (Å²) in [5.74, 6) is -0.00757. The van der Waals surface area contributed by atoms with E-state index in [2.05, 4.69) is 42.8 Å². The van der Waals surface area contributed by atoms with Gasteiger partial charge in [0.05, 0.1) is 11.5 Å². The number of hydrogen-bond donors (Lipinski definition) is 1. The number of nitriles is 1. The summed E-state index contributed by atoms with van der Waals surface area (Å²) in [6.45, 7) is 6.35. The molecule has 0 bridgehead atoms. The molecule has 0 aliphatic carbocycles. The Morgan fingerprint density at radius 2 is 1.73 bits per heavy atom. The summed E-state index contributed by atoms with van der Waals surface area (Å²) >= 11 is 3.44. The van der Waals surface area contributed by atoms with Crippen molar-refractivity contribution >= 4 is 21.9 Å². The van der Waals surface area contributed by atoms with Crippen LogP contribution in [0.3, 0.4) is 0 Å². The van der Waals surface area contributed by atoms with E-state index in [4.69, 9.17) is 15.2 Å². The van der Waals surface area contributed by atoms with E-state index in [0.29, 0.717) is 22.6 Å². The molecule has 5 nitrogen and oxygen atoms in total.